The second-order valence-corrected chi connectivity index (χ2v) is 7.12. The average molecular weight is 357 g/mol. The van der Waals surface area contributed by atoms with Gasteiger partial charge in [-0.25, -0.2) is 0 Å². The first kappa shape index (κ1) is 17.4. The van der Waals surface area contributed by atoms with Gasteiger partial charge in [0.05, 0.1) is 11.4 Å². The number of carbonyl (C=O) groups is 1. The van der Waals surface area contributed by atoms with Crippen LogP contribution in [0, 0.1) is 6.92 Å². The van der Waals surface area contributed by atoms with Crippen LogP contribution in [0.1, 0.15) is 40.4 Å². The number of likely N-dealkylation sites (tertiary alicyclic amines) is 1. The summed E-state index contributed by atoms with van der Waals surface area (Å²) in [4.78, 5) is 24.1. The van der Waals surface area contributed by atoms with Gasteiger partial charge in [0.1, 0.15) is 0 Å². The number of nitrogens with zero attached hydrogens (tertiary/aromatic N) is 3. The molecule has 0 radical (unpaired) electrons. The Morgan fingerprint density at radius 3 is 2.67 bits per heavy atom. The van der Waals surface area contributed by atoms with Crippen molar-refractivity contribution in [2.75, 3.05) is 13.1 Å². The van der Waals surface area contributed by atoms with Crippen LogP contribution in [-0.4, -0.2) is 33.9 Å². The second-order valence-electron chi connectivity index (χ2n) is 7.12. The van der Waals surface area contributed by atoms with Crippen LogP contribution in [0.2, 0.25) is 0 Å². The summed E-state index contributed by atoms with van der Waals surface area (Å²) < 4.78 is 0. The van der Waals surface area contributed by atoms with Crippen LogP contribution in [0.25, 0.3) is 11.3 Å². The number of aryl methyl sites for hydroxylation is 1. The number of rotatable bonds is 3. The fraction of sp³-hybridized carbons (Fsp3) is 0.261. The Kier molecular flexibility index (Phi) is 4.97. The Bertz CT molecular complexity index is 939. The van der Waals surface area contributed by atoms with Crippen molar-refractivity contribution < 1.29 is 4.79 Å². The average Bonchev–Trinajstić information content (AvgIpc) is 2.74. The lowest BCUT2D eigenvalue weighted by atomic mass is 9.91. The third-order valence-electron chi connectivity index (χ3n) is 5.13. The number of aromatic nitrogens is 2. The molecule has 1 aromatic heterocycles. The highest BCUT2D eigenvalue weighted by Crippen LogP contribution is 2.32. The highest BCUT2D eigenvalue weighted by molar-refractivity contribution is 5.94. The minimum absolute atomic E-state index is 0.0984. The van der Waals surface area contributed by atoms with Gasteiger partial charge in [0.25, 0.3) is 5.91 Å². The zero-order valence-electron chi connectivity index (χ0n) is 15.5. The van der Waals surface area contributed by atoms with Crippen LogP contribution in [0.15, 0.2) is 67.0 Å². The Balaban J connectivity index is 1.62. The molecule has 1 aliphatic heterocycles. The summed E-state index contributed by atoms with van der Waals surface area (Å²) in [6.45, 7) is 3.57. The molecule has 136 valence electrons. The molecule has 0 bridgehead atoms. The summed E-state index contributed by atoms with van der Waals surface area (Å²) in [5.41, 5.74) is 4.96. The van der Waals surface area contributed by atoms with Gasteiger partial charge in [0, 0.05) is 42.5 Å². The van der Waals surface area contributed by atoms with Crippen LogP contribution < -0.4 is 0 Å². The molecular weight excluding hydrogens is 334 g/mol. The van der Waals surface area contributed by atoms with Crippen molar-refractivity contribution in [2.45, 2.75) is 25.7 Å². The van der Waals surface area contributed by atoms with E-state index in [9.17, 15) is 4.79 Å². The summed E-state index contributed by atoms with van der Waals surface area (Å²) >= 11 is 0. The Morgan fingerprint density at radius 1 is 1.04 bits per heavy atom. The molecule has 4 rings (SSSR count). The highest BCUT2D eigenvalue weighted by atomic mass is 16.2. The lowest BCUT2D eigenvalue weighted by Crippen LogP contribution is -2.39. The van der Waals surface area contributed by atoms with Gasteiger partial charge >= 0.3 is 0 Å². The van der Waals surface area contributed by atoms with Crippen LogP contribution in [0.5, 0.6) is 0 Å². The molecule has 1 amide bonds. The van der Waals surface area contributed by atoms with Gasteiger partial charge < -0.3 is 4.90 Å². The molecule has 1 aliphatic rings. The number of amides is 1. The fourth-order valence-corrected chi connectivity index (χ4v) is 3.81. The van der Waals surface area contributed by atoms with Crippen molar-refractivity contribution in [1.29, 1.82) is 0 Å². The number of benzene rings is 2. The van der Waals surface area contributed by atoms with Gasteiger partial charge in [-0.1, -0.05) is 42.0 Å². The molecule has 2 heterocycles. The van der Waals surface area contributed by atoms with Crippen LogP contribution in [0.4, 0.5) is 0 Å². The molecule has 0 aliphatic carbocycles. The van der Waals surface area contributed by atoms with Crippen molar-refractivity contribution in [3.05, 3.63) is 83.8 Å². The van der Waals surface area contributed by atoms with E-state index in [1.807, 2.05) is 35.2 Å². The van der Waals surface area contributed by atoms with Gasteiger partial charge in [0.15, 0.2) is 0 Å². The molecular formula is C23H23N3O. The number of carbonyl (C=O) groups excluding carboxylic acids is 1. The molecule has 2 aromatic carbocycles. The topological polar surface area (TPSA) is 46.1 Å². The van der Waals surface area contributed by atoms with E-state index in [0.29, 0.717) is 6.54 Å². The lowest BCUT2D eigenvalue weighted by molar-refractivity contribution is 0.0706. The first-order chi connectivity index (χ1) is 13.2. The smallest absolute Gasteiger partial charge is 0.253 e. The van der Waals surface area contributed by atoms with Gasteiger partial charge in [-0.05, 0) is 38.0 Å². The summed E-state index contributed by atoms with van der Waals surface area (Å²) in [5, 5.41) is 0. The first-order valence-electron chi connectivity index (χ1n) is 9.44. The quantitative estimate of drug-likeness (QED) is 0.695. The number of hydrogen-bond acceptors (Lipinski definition) is 3. The predicted octanol–water partition coefficient (Wildman–Crippen LogP) is 4.47. The molecule has 4 heteroatoms. The highest BCUT2D eigenvalue weighted by Gasteiger charge is 2.28. The summed E-state index contributed by atoms with van der Waals surface area (Å²) in [6, 6.07) is 17.9. The third-order valence-corrected chi connectivity index (χ3v) is 5.13. The normalized spacial score (nSPS) is 16.9. The van der Waals surface area contributed by atoms with Crippen molar-refractivity contribution in [2.24, 2.45) is 0 Å². The Morgan fingerprint density at radius 2 is 1.85 bits per heavy atom. The van der Waals surface area contributed by atoms with E-state index in [1.165, 1.54) is 5.56 Å². The SMILES string of the molecule is Cc1cccc(-c2nccnc2[C@@H]2CCCN(C(=O)c3ccccc3)C2)c1. The van der Waals surface area contributed by atoms with Gasteiger partial charge in [-0.2, -0.15) is 0 Å². The zero-order chi connectivity index (χ0) is 18.6. The minimum Gasteiger partial charge on any atom is -0.338 e. The maximum absolute atomic E-state index is 12.9. The molecule has 0 unspecified atom stereocenters. The van der Waals surface area contributed by atoms with Crippen molar-refractivity contribution in [1.82, 2.24) is 14.9 Å². The van der Waals surface area contributed by atoms with E-state index < -0.39 is 0 Å². The third kappa shape index (κ3) is 3.75. The summed E-state index contributed by atoms with van der Waals surface area (Å²) in [5.74, 6) is 0.303. The molecule has 1 atom stereocenters. The maximum atomic E-state index is 12.9. The Labute approximate surface area is 159 Å². The van der Waals surface area contributed by atoms with Crippen LogP contribution in [-0.2, 0) is 0 Å². The first-order valence-corrected chi connectivity index (χ1v) is 9.44. The van der Waals surface area contributed by atoms with Gasteiger partial charge in [-0.15, -0.1) is 0 Å². The van der Waals surface area contributed by atoms with Crippen molar-refractivity contribution in [3.63, 3.8) is 0 Å². The second kappa shape index (κ2) is 7.70. The molecule has 0 saturated carbocycles. The molecule has 27 heavy (non-hydrogen) atoms. The maximum Gasteiger partial charge on any atom is 0.253 e. The van der Waals surface area contributed by atoms with E-state index in [1.54, 1.807) is 12.4 Å². The predicted molar refractivity (Wildman–Crippen MR) is 107 cm³/mol. The molecule has 1 fully saturated rings. The summed E-state index contributed by atoms with van der Waals surface area (Å²) in [7, 11) is 0. The van der Waals surface area contributed by atoms with E-state index in [2.05, 4.69) is 41.2 Å². The molecule has 0 N–H and O–H groups in total. The Hall–Kier alpha value is -3.01. The van der Waals surface area contributed by atoms with Crippen molar-refractivity contribution >= 4 is 5.91 Å². The van der Waals surface area contributed by atoms with E-state index >= 15 is 0 Å². The molecule has 3 aromatic rings. The van der Waals surface area contributed by atoms with Gasteiger partial charge in [0.2, 0.25) is 0 Å². The molecule has 0 spiro atoms. The monoisotopic (exact) mass is 357 g/mol. The van der Waals surface area contributed by atoms with E-state index in [0.717, 1.165) is 41.9 Å². The number of piperidine rings is 1. The molecule has 1 saturated heterocycles. The zero-order valence-corrected chi connectivity index (χ0v) is 15.5. The largest absolute Gasteiger partial charge is 0.338 e. The minimum atomic E-state index is 0.0984. The van der Waals surface area contributed by atoms with E-state index in [4.69, 9.17) is 0 Å². The standard InChI is InChI=1S/C23H23N3O/c1-17-7-5-10-19(15-17)21-22(25-13-12-24-21)20-11-6-14-26(16-20)23(27)18-8-3-2-4-9-18/h2-5,7-10,12-13,15,20H,6,11,14,16H2,1H3/t20-/m1/s1. The van der Waals surface area contributed by atoms with Gasteiger partial charge in [-0.3, -0.25) is 14.8 Å². The van der Waals surface area contributed by atoms with Crippen LogP contribution in [0.3, 0.4) is 0 Å². The fourth-order valence-electron chi connectivity index (χ4n) is 3.81. The molecule has 4 nitrogen and oxygen atoms in total. The number of hydrogen-bond donors (Lipinski definition) is 0. The lowest BCUT2D eigenvalue weighted by Gasteiger charge is -2.33. The summed E-state index contributed by atoms with van der Waals surface area (Å²) in [6.07, 6.45) is 5.51. The van der Waals surface area contributed by atoms with Crippen molar-refractivity contribution in [3.8, 4) is 11.3 Å². The van der Waals surface area contributed by atoms with E-state index in [-0.39, 0.29) is 11.8 Å². The van der Waals surface area contributed by atoms with Crippen LogP contribution >= 0.6 is 0 Å².